The highest BCUT2D eigenvalue weighted by Crippen LogP contribution is 2.19. The van der Waals surface area contributed by atoms with Crippen molar-refractivity contribution in [2.75, 3.05) is 19.6 Å². The molecule has 120 valence electrons. The van der Waals surface area contributed by atoms with E-state index in [4.69, 9.17) is 4.74 Å². The number of likely N-dealkylation sites (tertiary alicyclic amines) is 1. The van der Waals surface area contributed by atoms with Gasteiger partial charge in [-0.25, -0.2) is 0 Å². The number of hydrogen-bond donors (Lipinski definition) is 1. The number of carbonyl (C=O) groups is 1. The highest BCUT2D eigenvalue weighted by atomic mass is 16.5. The van der Waals surface area contributed by atoms with Crippen LogP contribution in [-0.4, -0.2) is 47.6 Å². The van der Waals surface area contributed by atoms with Gasteiger partial charge in [0, 0.05) is 31.5 Å². The third-order valence-electron chi connectivity index (χ3n) is 4.52. The van der Waals surface area contributed by atoms with E-state index in [9.17, 15) is 4.79 Å². The first kappa shape index (κ1) is 15.3. The highest BCUT2D eigenvalue weighted by Gasteiger charge is 2.26. The Morgan fingerprint density at radius 1 is 1.23 bits per heavy atom. The Hall–Kier alpha value is -1.62. The summed E-state index contributed by atoms with van der Waals surface area (Å²) in [5.74, 6) is 1.02. The second-order valence-electron chi connectivity index (χ2n) is 6.35. The molecule has 0 aromatic carbocycles. The number of hydrogen-bond acceptors (Lipinski definition) is 4. The van der Waals surface area contributed by atoms with Crippen LogP contribution in [-0.2, 0) is 4.79 Å². The molecule has 5 nitrogen and oxygen atoms in total. The minimum absolute atomic E-state index is 0.163. The maximum absolute atomic E-state index is 12.1. The van der Waals surface area contributed by atoms with Gasteiger partial charge in [0.05, 0.1) is 6.54 Å². The standard InChI is InChI=1S/C17H25N3O2/c21-17(19-14-4-2-1-3-5-14)13-20-11-8-16(12-20)22-15-6-9-18-10-7-15/h6-7,9-10,14,16H,1-5,8,11-13H2,(H,19,21). The van der Waals surface area contributed by atoms with Crippen LogP contribution < -0.4 is 10.1 Å². The van der Waals surface area contributed by atoms with Gasteiger partial charge in [-0.2, -0.15) is 0 Å². The van der Waals surface area contributed by atoms with Crippen LogP contribution in [0, 0.1) is 0 Å². The van der Waals surface area contributed by atoms with Crippen LogP contribution in [0.15, 0.2) is 24.5 Å². The molecule has 3 rings (SSSR count). The quantitative estimate of drug-likeness (QED) is 0.904. The molecule has 1 saturated carbocycles. The summed E-state index contributed by atoms with van der Waals surface area (Å²) in [6.07, 6.45) is 10.7. The summed E-state index contributed by atoms with van der Waals surface area (Å²) in [5, 5.41) is 3.18. The second kappa shape index (κ2) is 7.58. The maximum Gasteiger partial charge on any atom is 0.234 e. The SMILES string of the molecule is O=C(CN1CCC(Oc2ccncc2)C1)NC1CCCCC1. The van der Waals surface area contributed by atoms with Crippen LogP contribution in [0.25, 0.3) is 0 Å². The molecule has 0 radical (unpaired) electrons. The Labute approximate surface area is 132 Å². The molecule has 22 heavy (non-hydrogen) atoms. The smallest absolute Gasteiger partial charge is 0.234 e. The van der Waals surface area contributed by atoms with E-state index in [1.807, 2.05) is 12.1 Å². The highest BCUT2D eigenvalue weighted by molar-refractivity contribution is 5.78. The number of rotatable bonds is 5. The van der Waals surface area contributed by atoms with Gasteiger partial charge in [0.2, 0.25) is 5.91 Å². The fraction of sp³-hybridized carbons (Fsp3) is 0.647. The van der Waals surface area contributed by atoms with Crippen LogP contribution in [0.1, 0.15) is 38.5 Å². The normalized spacial score (nSPS) is 23.4. The Kier molecular flexibility index (Phi) is 5.27. The summed E-state index contributed by atoms with van der Waals surface area (Å²) >= 11 is 0. The number of aromatic nitrogens is 1. The molecule has 5 heteroatoms. The Balaban J connectivity index is 1.39. The molecule has 1 aromatic heterocycles. The second-order valence-corrected chi connectivity index (χ2v) is 6.35. The van der Waals surface area contributed by atoms with Gasteiger partial charge in [0.1, 0.15) is 11.9 Å². The Morgan fingerprint density at radius 2 is 2.00 bits per heavy atom. The zero-order chi connectivity index (χ0) is 15.2. The summed E-state index contributed by atoms with van der Waals surface area (Å²) in [4.78, 5) is 18.3. The molecular weight excluding hydrogens is 278 g/mol. The van der Waals surface area contributed by atoms with Crippen molar-refractivity contribution >= 4 is 5.91 Å². The molecule has 1 aromatic rings. The van der Waals surface area contributed by atoms with E-state index in [-0.39, 0.29) is 12.0 Å². The van der Waals surface area contributed by atoms with Crippen molar-refractivity contribution in [3.63, 3.8) is 0 Å². The summed E-state index contributed by atoms with van der Waals surface area (Å²) in [5.41, 5.74) is 0. The number of nitrogens with zero attached hydrogens (tertiary/aromatic N) is 2. The van der Waals surface area contributed by atoms with Gasteiger partial charge < -0.3 is 10.1 Å². The third-order valence-corrected chi connectivity index (χ3v) is 4.52. The monoisotopic (exact) mass is 303 g/mol. The van der Waals surface area contributed by atoms with Crippen molar-refractivity contribution in [3.05, 3.63) is 24.5 Å². The van der Waals surface area contributed by atoms with Gasteiger partial charge in [-0.1, -0.05) is 19.3 Å². The topological polar surface area (TPSA) is 54.5 Å². The van der Waals surface area contributed by atoms with E-state index in [1.165, 1.54) is 19.3 Å². The third kappa shape index (κ3) is 4.44. The fourth-order valence-electron chi connectivity index (χ4n) is 3.37. The zero-order valence-electron chi connectivity index (χ0n) is 13.0. The van der Waals surface area contributed by atoms with Crippen molar-refractivity contribution in [2.45, 2.75) is 50.7 Å². The van der Waals surface area contributed by atoms with Gasteiger partial charge in [0.25, 0.3) is 0 Å². The minimum Gasteiger partial charge on any atom is -0.489 e. The minimum atomic E-state index is 0.163. The van der Waals surface area contributed by atoms with E-state index in [0.29, 0.717) is 12.6 Å². The molecule has 1 aliphatic carbocycles. The van der Waals surface area contributed by atoms with Crippen LogP contribution in [0.5, 0.6) is 5.75 Å². The summed E-state index contributed by atoms with van der Waals surface area (Å²) in [7, 11) is 0. The lowest BCUT2D eigenvalue weighted by molar-refractivity contribution is -0.123. The first-order chi connectivity index (χ1) is 10.8. The van der Waals surface area contributed by atoms with E-state index >= 15 is 0 Å². The maximum atomic E-state index is 12.1. The average molecular weight is 303 g/mol. The molecule has 2 aliphatic rings. The molecule has 2 fully saturated rings. The van der Waals surface area contributed by atoms with Crippen LogP contribution in [0.3, 0.4) is 0 Å². The molecule has 1 N–H and O–H groups in total. The van der Waals surface area contributed by atoms with Crippen LogP contribution in [0.2, 0.25) is 0 Å². The van der Waals surface area contributed by atoms with Gasteiger partial charge in [0.15, 0.2) is 0 Å². The molecule has 0 spiro atoms. The van der Waals surface area contributed by atoms with Crippen molar-refractivity contribution < 1.29 is 9.53 Å². The van der Waals surface area contributed by atoms with E-state index in [0.717, 1.165) is 38.1 Å². The number of carbonyl (C=O) groups excluding carboxylic acids is 1. The van der Waals surface area contributed by atoms with Crippen LogP contribution in [0.4, 0.5) is 0 Å². The molecule has 1 aliphatic heterocycles. The first-order valence-corrected chi connectivity index (χ1v) is 8.38. The molecule has 1 saturated heterocycles. The van der Waals surface area contributed by atoms with Crippen molar-refractivity contribution in [3.8, 4) is 5.75 Å². The number of nitrogens with one attached hydrogen (secondary N) is 1. The average Bonchev–Trinajstić information content (AvgIpc) is 2.96. The predicted octanol–water partition coefficient (Wildman–Crippen LogP) is 1.98. The molecule has 0 bridgehead atoms. The van der Waals surface area contributed by atoms with E-state index in [1.54, 1.807) is 12.4 Å². The molecule has 1 unspecified atom stereocenters. The van der Waals surface area contributed by atoms with E-state index < -0.39 is 0 Å². The number of ether oxygens (including phenoxy) is 1. The molecule has 1 amide bonds. The largest absolute Gasteiger partial charge is 0.489 e. The first-order valence-electron chi connectivity index (χ1n) is 8.38. The Morgan fingerprint density at radius 3 is 2.77 bits per heavy atom. The van der Waals surface area contributed by atoms with Gasteiger partial charge in [-0.05, 0) is 31.4 Å². The zero-order valence-corrected chi connectivity index (χ0v) is 13.0. The molecule has 1 atom stereocenters. The van der Waals surface area contributed by atoms with Gasteiger partial charge in [-0.3, -0.25) is 14.7 Å². The fourth-order valence-corrected chi connectivity index (χ4v) is 3.37. The summed E-state index contributed by atoms with van der Waals surface area (Å²) in [6.45, 7) is 2.24. The molecular formula is C17H25N3O2. The molecule has 2 heterocycles. The lowest BCUT2D eigenvalue weighted by atomic mass is 9.95. The number of pyridine rings is 1. The van der Waals surface area contributed by atoms with Crippen molar-refractivity contribution in [2.24, 2.45) is 0 Å². The van der Waals surface area contributed by atoms with Gasteiger partial charge in [-0.15, -0.1) is 0 Å². The van der Waals surface area contributed by atoms with Crippen molar-refractivity contribution in [1.82, 2.24) is 15.2 Å². The van der Waals surface area contributed by atoms with Crippen molar-refractivity contribution in [1.29, 1.82) is 0 Å². The summed E-state index contributed by atoms with van der Waals surface area (Å²) in [6, 6.07) is 4.14. The lowest BCUT2D eigenvalue weighted by Crippen LogP contribution is -2.42. The van der Waals surface area contributed by atoms with Gasteiger partial charge >= 0.3 is 0 Å². The Bertz CT molecular complexity index is 474. The summed E-state index contributed by atoms with van der Waals surface area (Å²) < 4.78 is 5.92. The lowest BCUT2D eigenvalue weighted by Gasteiger charge is -2.24. The van der Waals surface area contributed by atoms with E-state index in [2.05, 4.69) is 15.2 Å². The van der Waals surface area contributed by atoms with Crippen LogP contribution >= 0.6 is 0 Å². The number of amides is 1. The predicted molar refractivity (Wildman–Crippen MR) is 84.7 cm³/mol.